The van der Waals surface area contributed by atoms with Crippen molar-refractivity contribution >= 4 is 17.9 Å². The number of primary amides is 1. The molecule has 0 saturated heterocycles. The number of hydrogen-bond donors (Lipinski definition) is 4. The zero-order chi connectivity index (χ0) is 18.2. The Hall–Kier alpha value is -2.77. The van der Waals surface area contributed by atoms with E-state index in [0.717, 1.165) is 5.56 Å². The number of amides is 3. The third-order valence-corrected chi connectivity index (χ3v) is 3.35. The number of carbonyl (C=O) groups is 3. The van der Waals surface area contributed by atoms with Crippen LogP contribution < -0.4 is 21.1 Å². The first-order valence-electron chi connectivity index (χ1n) is 7.46. The number of rotatable bonds is 9. The van der Waals surface area contributed by atoms with Gasteiger partial charge >= 0.3 is 12.0 Å². The van der Waals surface area contributed by atoms with Gasteiger partial charge in [-0.05, 0) is 38.0 Å². The Morgan fingerprint density at radius 1 is 1.25 bits per heavy atom. The van der Waals surface area contributed by atoms with Crippen molar-refractivity contribution < 1.29 is 24.2 Å². The molecule has 0 atom stereocenters. The molecule has 5 N–H and O–H groups in total. The van der Waals surface area contributed by atoms with Gasteiger partial charge in [0.25, 0.3) is 5.91 Å². The number of carboxylic acid groups (broad SMARTS) is 1. The van der Waals surface area contributed by atoms with Crippen molar-refractivity contribution in [1.82, 2.24) is 10.6 Å². The predicted molar refractivity (Wildman–Crippen MR) is 87.4 cm³/mol. The molecule has 1 rings (SSSR count). The van der Waals surface area contributed by atoms with Gasteiger partial charge in [-0.1, -0.05) is 12.1 Å². The third kappa shape index (κ3) is 6.99. The van der Waals surface area contributed by atoms with Gasteiger partial charge in [0.2, 0.25) is 0 Å². The van der Waals surface area contributed by atoms with Gasteiger partial charge in [-0.15, -0.1) is 0 Å². The molecule has 0 fully saturated rings. The van der Waals surface area contributed by atoms with Gasteiger partial charge in [0.1, 0.15) is 5.75 Å². The minimum absolute atomic E-state index is 0.212. The fourth-order valence-electron chi connectivity index (χ4n) is 1.74. The fraction of sp³-hybridized carbons (Fsp3) is 0.438. The molecule has 0 aromatic heterocycles. The molecule has 0 aliphatic rings. The van der Waals surface area contributed by atoms with Gasteiger partial charge in [0.15, 0.2) is 6.61 Å². The smallest absolute Gasteiger partial charge is 0.315 e. The maximum atomic E-state index is 11.7. The van der Waals surface area contributed by atoms with Crippen LogP contribution >= 0.6 is 0 Å². The summed E-state index contributed by atoms with van der Waals surface area (Å²) >= 11 is 0. The van der Waals surface area contributed by atoms with Crippen LogP contribution in [0.2, 0.25) is 0 Å². The standard InChI is InChI=1S/C16H23N3O5/c1-16(2,14(21)22)6-7-18-15(23)19-9-11-4-3-5-12(8-11)24-10-13(17)20/h3-5,8H,6-7,9-10H2,1-2H3,(H2,17,20)(H,21,22)(H2,18,19,23). The Bertz CT molecular complexity index is 601. The van der Waals surface area contributed by atoms with Crippen LogP contribution in [0.3, 0.4) is 0 Å². The van der Waals surface area contributed by atoms with Crippen LogP contribution in [0.25, 0.3) is 0 Å². The van der Waals surface area contributed by atoms with Gasteiger partial charge in [-0.3, -0.25) is 9.59 Å². The first-order valence-corrected chi connectivity index (χ1v) is 7.46. The summed E-state index contributed by atoms with van der Waals surface area (Å²) in [5.74, 6) is -0.989. The van der Waals surface area contributed by atoms with E-state index in [1.807, 2.05) is 0 Å². The molecule has 0 spiro atoms. The maximum Gasteiger partial charge on any atom is 0.315 e. The zero-order valence-corrected chi connectivity index (χ0v) is 13.8. The second-order valence-electron chi connectivity index (χ2n) is 5.95. The molecule has 3 amide bonds. The summed E-state index contributed by atoms with van der Waals surface area (Å²) in [6, 6.07) is 6.52. The summed E-state index contributed by atoms with van der Waals surface area (Å²) in [4.78, 5) is 33.4. The van der Waals surface area contributed by atoms with Crippen LogP contribution in [-0.4, -0.2) is 36.2 Å². The van der Waals surface area contributed by atoms with E-state index < -0.39 is 17.3 Å². The van der Waals surface area contributed by atoms with E-state index >= 15 is 0 Å². The number of carboxylic acids is 1. The molecule has 0 heterocycles. The van der Waals surface area contributed by atoms with Gasteiger partial charge < -0.3 is 26.2 Å². The molecule has 0 saturated carbocycles. The lowest BCUT2D eigenvalue weighted by Gasteiger charge is -2.19. The Morgan fingerprint density at radius 2 is 1.96 bits per heavy atom. The highest BCUT2D eigenvalue weighted by Crippen LogP contribution is 2.19. The molecule has 132 valence electrons. The van der Waals surface area contributed by atoms with E-state index in [4.69, 9.17) is 15.6 Å². The summed E-state index contributed by atoms with van der Waals surface area (Å²) in [5, 5.41) is 14.3. The number of benzene rings is 1. The summed E-state index contributed by atoms with van der Waals surface area (Å²) in [7, 11) is 0. The lowest BCUT2D eigenvalue weighted by molar-refractivity contribution is -0.147. The fourth-order valence-corrected chi connectivity index (χ4v) is 1.74. The predicted octanol–water partition coefficient (Wildman–Crippen LogP) is 0.851. The average Bonchev–Trinajstić information content (AvgIpc) is 2.51. The molecule has 8 nitrogen and oxygen atoms in total. The number of aliphatic carboxylic acids is 1. The zero-order valence-electron chi connectivity index (χ0n) is 13.8. The van der Waals surface area contributed by atoms with Crippen molar-refractivity contribution in [2.75, 3.05) is 13.2 Å². The molecule has 0 aliphatic heterocycles. The van der Waals surface area contributed by atoms with Gasteiger partial charge in [0.05, 0.1) is 5.41 Å². The molecule has 8 heteroatoms. The first kappa shape index (κ1) is 19.3. The molecule has 24 heavy (non-hydrogen) atoms. The number of ether oxygens (including phenoxy) is 1. The lowest BCUT2D eigenvalue weighted by Crippen LogP contribution is -2.38. The molecule has 0 radical (unpaired) electrons. The van der Waals surface area contributed by atoms with E-state index in [1.54, 1.807) is 38.1 Å². The highest BCUT2D eigenvalue weighted by Gasteiger charge is 2.26. The lowest BCUT2D eigenvalue weighted by atomic mass is 9.90. The normalized spacial score (nSPS) is 10.8. The van der Waals surface area contributed by atoms with Crippen LogP contribution in [0.15, 0.2) is 24.3 Å². The Kier molecular flexibility index (Phi) is 7.03. The van der Waals surface area contributed by atoms with Crippen LogP contribution in [0.4, 0.5) is 4.79 Å². The summed E-state index contributed by atoms with van der Waals surface area (Å²) in [6.45, 7) is 3.52. The summed E-state index contributed by atoms with van der Waals surface area (Å²) in [5.41, 5.74) is 4.91. The maximum absolute atomic E-state index is 11.7. The van der Waals surface area contributed by atoms with Gasteiger partial charge in [0, 0.05) is 13.1 Å². The van der Waals surface area contributed by atoms with Gasteiger partial charge in [-0.2, -0.15) is 0 Å². The number of nitrogens with two attached hydrogens (primary N) is 1. The second kappa shape index (κ2) is 8.76. The van der Waals surface area contributed by atoms with Crippen molar-refractivity contribution in [1.29, 1.82) is 0 Å². The molecule has 0 bridgehead atoms. The molecule has 0 unspecified atom stereocenters. The van der Waals surface area contributed by atoms with Crippen LogP contribution in [0, 0.1) is 5.41 Å². The minimum atomic E-state index is -0.905. The molecule has 1 aromatic carbocycles. The van der Waals surface area contributed by atoms with Crippen molar-refractivity contribution in [2.24, 2.45) is 11.1 Å². The Balaban J connectivity index is 2.38. The van der Waals surface area contributed by atoms with E-state index in [0.29, 0.717) is 12.2 Å². The first-order chi connectivity index (χ1) is 11.2. The van der Waals surface area contributed by atoms with Crippen molar-refractivity contribution in [3.63, 3.8) is 0 Å². The van der Waals surface area contributed by atoms with E-state index in [1.165, 1.54) is 0 Å². The SMILES string of the molecule is CC(C)(CCNC(=O)NCc1cccc(OCC(N)=O)c1)C(=O)O. The Labute approximate surface area is 140 Å². The average molecular weight is 337 g/mol. The van der Waals surface area contributed by atoms with E-state index in [2.05, 4.69) is 10.6 Å². The largest absolute Gasteiger partial charge is 0.484 e. The summed E-state index contributed by atoms with van der Waals surface area (Å²) in [6.07, 6.45) is 0.326. The molecular weight excluding hydrogens is 314 g/mol. The van der Waals surface area contributed by atoms with Crippen molar-refractivity contribution in [2.45, 2.75) is 26.8 Å². The molecular formula is C16H23N3O5. The van der Waals surface area contributed by atoms with Crippen molar-refractivity contribution in [3.8, 4) is 5.75 Å². The molecule has 1 aromatic rings. The topological polar surface area (TPSA) is 131 Å². The quantitative estimate of drug-likeness (QED) is 0.530. The minimum Gasteiger partial charge on any atom is -0.484 e. The number of hydrogen-bond acceptors (Lipinski definition) is 4. The number of nitrogens with one attached hydrogen (secondary N) is 2. The highest BCUT2D eigenvalue weighted by atomic mass is 16.5. The monoisotopic (exact) mass is 337 g/mol. The van der Waals surface area contributed by atoms with Crippen LogP contribution in [-0.2, 0) is 16.1 Å². The van der Waals surface area contributed by atoms with Crippen LogP contribution in [0.5, 0.6) is 5.75 Å². The van der Waals surface area contributed by atoms with Gasteiger partial charge in [-0.25, -0.2) is 4.79 Å². The van der Waals surface area contributed by atoms with Crippen molar-refractivity contribution in [3.05, 3.63) is 29.8 Å². The molecule has 0 aliphatic carbocycles. The Morgan fingerprint density at radius 3 is 2.58 bits per heavy atom. The number of carbonyl (C=O) groups excluding carboxylic acids is 2. The summed E-state index contributed by atoms with van der Waals surface area (Å²) < 4.78 is 5.18. The number of urea groups is 1. The van der Waals surface area contributed by atoms with E-state index in [-0.39, 0.29) is 25.7 Å². The van der Waals surface area contributed by atoms with E-state index in [9.17, 15) is 14.4 Å². The second-order valence-corrected chi connectivity index (χ2v) is 5.95. The highest BCUT2D eigenvalue weighted by molar-refractivity contribution is 5.75. The third-order valence-electron chi connectivity index (χ3n) is 3.35. The van der Waals surface area contributed by atoms with Crippen LogP contribution in [0.1, 0.15) is 25.8 Å².